The van der Waals surface area contributed by atoms with Crippen molar-refractivity contribution in [3.05, 3.63) is 18.2 Å². The Labute approximate surface area is 120 Å². The minimum Gasteiger partial charge on any atom is -0.492 e. The van der Waals surface area contributed by atoms with E-state index >= 15 is 0 Å². The van der Waals surface area contributed by atoms with E-state index in [9.17, 15) is 8.42 Å². The zero-order chi connectivity index (χ0) is 14.8. The molecule has 1 fully saturated rings. The lowest BCUT2D eigenvalue weighted by Crippen LogP contribution is -2.39. The number of nitrogens with zero attached hydrogens (tertiary/aromatic N) is 1. The Kier molecular flexibility index (Phi) is 4.55. The number of nitrogens with two attached hydrogens (primary N) is 1. The summed E-state index contributed by atoms with van der Waals surface area (Å²) in [7, 11) is -3.54. The van der Waals surface area contributed by atoms with Gasteiger partial charge in [0.05, 0.1) is 6.61 Å². The molecule has 0 spiro atoms. The fourth-order valence-corrected chi connectivity index (χ4v) is 4.27. The summed E-state index contributed by atoms with van der Waals surface area (Å²) in [5.41, 5.74) is 6.17. The number of rotatable bonds is 4. The molecule has 2 rings (SSSR count). The second kappa shape index (κ2) is 6.01. The van der Waals surface area contributed by atoms with Gasteiger partial charge >= 0.3 is 0 Å². The molecular weight excluding hydrogens is 276 g/mol. The zero-order valence-corrected chi connectivity index (χ0v) is 12.8. The maximum atomic E-state index is 12.8. The summed E-state index contributed by atoms with van der Waals surface area (Å²) in [4.78, 5) is 0.174. The van der Waals surface area contributed by atoms with Crippen molar-refractivity contribution < 1.29 is 13.2 Å². The van der Waals surface area contributed by atoms with E-state index in [2.05, 4.69) is 6.92 Å². The van der Waals surface area contributed by atoms with Crippen LogP contribution in [0.2, 0.25) is 0 Å². The van der Waals surface area contributed by atoms with E-state index in [0.29, 0.717) is 37.1 Å². The van der Waals surface area contributed by atoms with Crippen molar-refractivity contribution >= 4 is 15.7 Å². The first-order valence-corrected chi connectivity index (χ1v) is 8.41. The lowest BCUT2D eigenvalue weighted by Gasteiger charge is -2.30. The van der Waals surface area contributed by atoms with Gasteiger partial charge in [0.15, 0.2) is 0 Å². The van der Waals surface area contributed by atoms with Crippen LogP contribution >= 0.6 is 0 Å². The molecule has 2 N–H and O–H groups in total. The number of hydrogen-bond donors (Lipinski definition) is 1. The monoisotopic (exact) mass is 298 g/mol. The predicted octanol–water partition coefficient (Wildman–Crippen LogP) is 2.09. The topological polar surface area (TPSA) is 72.6 Å². The van der Waals surface area contributed by atoms with Gasteiger partial charge in [-0.25, -0.2) is 8.42 Å². The van der Waals surface area contributed by atoms with Gasteiger partial charge in [-0.3, -0.25) is 0 Å². The first kappa shape index (κ1) is 15.1. The highest BCUT2D eigenvalue weighted by molar-refractivity contribution is 7.89. The normalized spacial score (nSPS) is 20.8. The van der Waals surface area contributed by atoms with Gasteiger partial charge in [-0.1, -0.05) is 6.92 Å². The van der Waals surface area contributed by atoms with Crippen LogP contribution in [0.4, 0.5) is 5.69 Å². The number of nitrogen functional groups attached to an aromatic ring is 1. The molecule has 0 saturated carbocycles. The van der Waals surface area contributed by atoms with E-state index in [1.165, 1.54) is 6.07 Å². The largest absolute Gasteiger partial charge is 0.492 e. The molecular formula is C14H22N2O3S. The number of sulfonamides is 1. The van der Waals surface area contributed by atoms with Crippen LogP contribution in [0.15, 0.2) is 23.1 Å². The minimum atomic E-state index is -3.54. The summed E-state index contributed by atoms with van der Waals surface area (Å²) in [6, 6.07) is 4.77. The Bertz CT molecular complexity index is 572. The van der Waals surface area contributed by atoms with Crippen molar-refractivity contribution in [3.63, 3.8) is 0 Å². The smallest absolute Gasteiger partial charge is 0.246 e. The number of hydrogen-bond acceptors (Lipinski definition) is 4. The molecule has 20 heavy (non-hydrogen) atoms. The third kappa shape index (κ3) is 3.07. The molecule has 1 heterocycles. The molecule has 0 aromatic heterocycles. The van der Waals surface area contributed by atoms with Crippen molar-refractivity contribution in [1.29, 1.82) is 0 Å². The van der Waals surface area contributed by atoms with Crippen LogP contribution in [0.3, 0.4) is 0 Å². The van der Waals surface area contributed by atoms with E-state index in [4.69, 9.17) is 10.5 Å². The van der Waals surface area contributed by atoms with Gasteiger partial charge in [0.1, 0.15) is 10.6 Å². The lowest BCUT2D eigenvalue weighted by atomic mass is 10.0. The van der Waals surface area contributed by atoms with Gasteiger partial charge < -0.3 is 10.5 Å². The van der Waals surface area contributed by atoms with Crippen molar-refractivity contribution in [3.8, 4) is 5.75 Å². The molecule has 1 aliphatic heterocycles. The summed E-state index contributed by atoms with van der Waals surface area (Å²) in [6.45, 7) is 5.44. The first-order chi connectivity index (χ1) is 9.45. The van der Waals surface area contributed by atoms with E-state index in [1.54, 1.807) is 16.4 Å². The molecule has 1 aliphatic rings. The molecule has 1 atom stereocenters. The van der Waals surface area contributed by atoms with Gasteiger partial charge in [0.2, 0.25) is 10.0 Å². The number of piperidine rings is 1. The minimum absolute atomic E-state index is 0.174. The highest BCUT2D eigenvalue weighted by Crippen LogP contribution is 2.31. The Morgan fingerprint density at radius 1 is 1.45 bits per heavy atom. The van der Waals surface area contributed by atoms with Crippen molar-refractivity contribution in [2.45, 2.75) is 31.6 Å². The maximum absolute atomic E-state index is 12.8. The second-order valence-corrected chi connectivity index (χ2v) is 7.16. The zero-order valence-electron chi connectivity index (χ0n) is 12.0. The molecule has 1 aromatic carbocycles. The summed E-state index contributed by atoms with van der Waals surface area (Å²) < 4.78 is 32.5. The number of ether oxygens (including phenoxy) is 1. The average molecular weight is 298 g/mol. The fourth-order valence-electron chi connectivity index (χ4n) is 2.50. The lowest BCUT2D eigenvalue weighted by molar-refractivity contribution is 0.278. The van der Waals surface area contributed by atoms with Crippen LogP contribution < -0.4 is 10.5 Å². The molecule has 0 aliphatic carbocycles. The summed E-state index contributed by atoms with van der Waals surface area (Å²) in [5.74, 6) is 0.759. The van der Waals surface area contributed by atoms with Crippen molar-refractivity contribution in [2.75, 3.05) is 25.4 Å². The third-order valence-electron chi connectivity index (χ3n) is 3.51. The second-order valence-electron chi connectivity index (χ2n) is 5.25. The highest BCUT2D eigenvalue weighted by Gasteiger charge is 2.31. The van der Waals surface area contributed by atoms with Crippen LogP contribution in [-0.4, -0.2) is 32.4 Å². The van der Waals surface area contributed by atoms with Gasteiger partial charge in [-0.05, 0) is 43.9 Å². The van der Waals surface area contributed by atoms with Gasteiger partial charge in [-0.15, -0.1) is 0 Å². The van der Waals surface area contributed by atoms with E-state index in [-0.39, 0.29) is 4.90 Å². The molecule has 1 unspecified atom stereocenters. The third-order valence-corrected chi connectivity index (χ3v) is 5.39. The Balaban J connectivity index is 2.40. The summed E-state index contributed by atoms with van der Waals surface area (Å²) in [6.07, 6.45) is 1.97. The Morgan fingerprint density at radius 2 is 2.20 bits per heavy atom. The van der Waals surface area contributed by atoms with Crippen molar-refractivity contribution in [1.82, 2.24) is 4.31 Å². The first-order valence-electron chi connectivity index (χ1n) is 6.97. The van der Waals surface area contributed by atoms with Crippen molar-refractivity contribution in [2.24, 2.45) is 5.92 Å². The number of anilines is 1. The summed E-state index contributed by atoms with van der Waals surface area (Å²) in [5, 5.41) is 0. The Morgan fingerprint density at radius 3 is 2.85 bits per heavy atom. The molecule has 112 valence electrons. The molecule has 1 saturated heterocycles. The molecule has 0 amide bonds. The van der Waals surface area contributed by atoms with Crippen LogP contribution in [0, 0.1) is 5.92 Å². The predicted molar refractivity (Wildman–Crippen MR) is 79.2 cm³/mol. The van der Waals surface area contributed by atoms with Gasteiger partial charge in [0, 0.05) is 18.8 Å². The van der Waals surface area contributed by atoms with Crippen LogP contribution in [-0.2, 0) is 10.0 Å². The molecule has 6 heteroatoms. The standard InChI is InChI=1S/C14H22N2O3S/c1-3-19-13-7-6-12(15)9-14(13)20(17,18)16-8-4-5-11(2)10-16/h6-7,9,11H,3-5,8,10,15H2,1-2H3. The number of benzene rings is 1. The van der Waals surface area contributed by atoms with E-state index in [0.717, 1.165) is 12.8 Å². The van der Waals surface area contributed by atoms with Crippen LogP contribution in [0.5, 0.6) is 5.75 Å². The SMILES string of the molecule is CCOc1ccc(N)cc1S(=O)(=O)N1CCCC(C)C1. The molecule has 1 aromatic rings. The Hall–Kier alpha value is -1.27. The van der Waals surface area contributed by atoms with Crippen LogP contribution in [0.25, 0.3) is 0 Å². The molecule has 0 radical (unpaired) electrons. The van der Waals surface area contributed by atoms with Gasteiger partial charge in [0.25, 0.3) is 0 Å². The highest BCUT2D eigenvalue weighted by atomic mass is 32.2. The maximum Gasteiger partial charge on any atom is 0.246 e. The fraction of sp³-hybridized carbons (Fsp3) is 0.571. The quantitative estimate of drug-likeness (QED) is 0.864. The molecule has 5 nitrogen and oxygen atoms in total. The molecule has 0 bridgehead atoms. The van der Waals surface area contributed by atoms with Crippen LogP contribution in [0.1, 0.15) is 26.7 Å². The van der Waals surface area contributed by atoms with Gasteiger partial charge in [-0.2, -0.15) is 4.31 Å². The average Bonchev–Trinajstić information content (AvgIpc) is 2.41. The van der Waals surface area contributed by atoms with E-state index in [1.807, 2.05) is 6.92 Å². The van der Waals surface area contributed by atoms with E-state index < -0.39 is 10.0 Å². The summed E-state index contributed by atoms with van der Waals surface area (Å²) >= 11 is 0.